The molecule has 1 N–H and O–H groups in total. The highest BCUT2D eigenvalue weighted by molar-refractivity contribution is 6.01. The van der Waals surface area contributed by atoms with Gasteiger partial charge in [0, 0.05) is 13.6 Å². The van der Waals surface area contributed by atoms with E-state index in [4.69, 9.17) is 4.74 Å². The number of nitrogens with one attached hydrogen (secondary N) is 1. The van der Waals surface area contributed by atoms with Crippen molar-refractivity contribution in [3.8, 4) is 5.75 Å². The maximum absolute atomic E-state index is 13.2. The summed E-state index contributed by atoms with van der Waals surface area (Å²) in [5, 5.41) is 2.96. The summed E-state index contributed by atoms with van der Waals surface area (Å²) in [5.74, 6) is 0.729. The van der Waals surface area contributed by atoms with Crippen molar-refractivity contribution in [3.63, 3.8) is 0 Å². The third-order valence-corrected chi connectivity index (χ3v) is 5.18. The Bertz CT molecular complexity index is 922. The molecule has 6 nitrogen and oxygen atoms in total. The predicted molar refractivity (Wildman–Crippen MR) is 106 cm³/mol. The van der Waals surface area contributed by atoms with Gasteiger partial charge in [0.2, 0.25) is 0 Å². The summed E-state index contributed by atoms with van der Waals surface area (Å²) < 4.78 is 5.49. The lowest BCUT2D eigenvalue weighted by molar-refractivity contribution is -0.126. The number of rotatable bonds is 5. The van der Waals surface area contributed by atoms with Gasteiger partial charge in [0.1, 0.15) is 5.75 Å². The number of hydrogen-bond acceptors (Lipinski definition) is 3. The van der Waals surface area contributed by atoms with E-state index >= 15 is 0 Å². The number of ether oxygens (including phenoxy) is 1. The Morgan fingerprint density at radius 1 is 1.07 bits per heavy atom. The third-order valence-electron chi connectivity index (χ3n) is 5.18. The van der Waals surface area contributed by atoms with Crippen LogP contribution in [0.1, 0.15) is 24.1 Å². The fraction of sp³-hybridized carbons (Fsp3) is 0.273. The first-order chi connectivity index (χ1) is 13.6. The van der Waals surface area contributed by atoms with E-state index in [1.165, 1.54) is 0 Å². The van der Waals surface area contributed by atoms with Gasteiger partial charge in [0.05, 0.1) is 30.5 Å². The van der Waals surface area contributed by atoms with Gasteiger partial charge in [0.25, 0.3) is 5.91 Å². The first-order valence-electron chi connectivity index (χ1n) is 9.41. The van der Waals surface area contributed by atoms with E-state index in [0.29, 0.717) is 25.3 Å². The molecule has 6 heteroatoms. The highest BCUT2D eigenvalue weighted by Gasteiger charge is 2.42. The van der Waals surface area contributed by atoms with E-state index in [1.54, 1.807) is 16.8 Å². The normalized spacial score (nSPS) is 19.0. The number of hydrogen-bond donors (Lipinski definition) is 1. The minimum atomic E-state index is -0.456. The predicted octanol–water partition coefficient (Wildman–Crippen LogP) is 3.08. The van der Waals surface area contributed by atoms with Crippen LogP contribution in [-0.4, -0.2) is 41.9 Å². The van der Waals surface area contributed by atoms with Crippen LogP contribution in [0, 0.1) is 0 Å². The SMILES string of the molecule is CCOc1ccc(C2NC(=O)N(C)C3=C2C(=O)N(Cc2ccccc2)C3)cc1. The number of urea groups is 1. The van der Waals surface area contributed by atoms with Crippen molar-refractivity contribution in [2.75, 3.05) is 20.2 Å². The van der Waals surface area contributed by atoms with Gasteiger partial charge in [-0.05, 0) is 30.2 Å². The summed E-state index contributed by atoms with van der Waals surface area (Å²) in [6.45, 7) is 3.47. The molecule has 2 aromatic carbocycles. The van der Waals surface area contributed by atoms with Gasteiger partial charge in [-0.1, -0.05) is 42.5 Å². The molecule has 28 heavy (non-hydrogen) atoms. The molecule has 0 radical (unpaired) electrons. The Kier molecular flexibility index (Phi) is 4.77. The van der Waals surface area contributed by atoms with Gasteiger partial charge in [-0.25, -0.2) is 4.79 Å². The van der Waals surface area contributed by atoms with E-state index in [1.807, 2.05) is 61.5 Å². The van der Waals surface area contributed by atoms with Crippen LogP contribution in [0.2, 0.25) is 0 Å². The molecular formula is C22H23N3O3. The number of nitrogens with zero attached hydrogens (tertiary/aromatic N) is 2. The van der Waals surface area contributed by atoms with Gasteiger partial charge < -0.3 is 15.0 Å². The number of carbonyl (C=O) groups is 2. The summed E-state index contributed by atoms with van der Waals surface area (Å²) in [6, 6.07) is 16.8. The molecule has 2 heterocycles. The van der Waals surface area contributed by atoms with Crippen molar-refractivity contribution in [1.29, 1.82) is 0 Å². The molecule has 1 atom stereocenters. The van der Waals surface area contributed by atoms with Crippen LogP contribution in [0.25, 0.3) is 0 Å². The van der Waals surface area contributed by atoms with Crippen LogP contribution >= 0.6 is 0 Å². The van der Waals surface area contributed by atoms with E-state index in [-0.39, 0.29) is 11.9 Å². The molecule has 2 aliphatic heterocycles. The molecule has 0 saturated heterocycles. The topological polar surface area (TPSA) is 61.9 Å². The maximum atomic E-state index is 13.2. The van der Waals surface area contributed by atoms with Crippen LogP contribution in [0.15, 0.2) is 65.9 Å². The van der Waals surface area contributed by atoms with Crippen molar-refractivity contribution in [2.45, 2.75) is 19.5 Å². The van der Waals surface area contributed by atoms with Crippen molar-refractivity contribution >= 4 is 11.9 Å². The van der Waals surface area contributed by atoms with E-state index in [0.717, 1.165) is 22.6 Å². The van der Waals surface area contributed by atoms with E-state index in [2.05, 4.69) is 5.32 Å². The lowest BCUT2D eigenvalue weighted by atomic mass is 9.95. The Morgan fingerprint density at radius 2 is 1.79 bits per heavy atom. The minimum absolute atomic E-state index is 0.0374. The zero-order valence-corrected chi connectivity index (χ0v) is 16.0. The molecular weight excluding hydrogens is 354 g/mol. The van der Waals surface area contributed by atoms with Crippen molar-refractivity contribution < 1.29 is 14.3 Å². The summed E-state index contributed by atoms with van der Waals surface area (Å²) in [5.41, 5.74) is 3.34. The highest BCUT2D eigenvalue weighted by Crippen LogP contribution is 2.36. The minimum Gasteiger partial charge on any atom is -0.494 e. The molecule has 0 saturated carbocycles. The second kappa shape index (κ2) is 7.38. The van der Waals surface area contributed by atoms with Crippen LogP contribution in [0.4, 0.5) is 4.79 Å². The average Bonchev–Trinajstić information content (AvgIpc) is 3.03. The summed E-state index contributed by atoms with van der Waals surface area (Å²) in [4.78, 5) is 29.0. The Balaban J connectivity index is 1.63. The van der Waals surface area contributed by atoms with Crippen LogP contribution in [0.5, 0.6) is 5.75 Å². The average molecular weight is 377 g/mol. The van der Waals surface area contributed by atoms with Gasteiger partial charge in [0.15, 0.2) is 0 Å². The molecule has 144 valence electrons. The quantitative estimate of drug-likeness (QED) is 0.871. The first-order valence-corrected chi connectivity index (χ1v) is 9.41. The molecule has 0 aliphatic carbocycles. The molecule has 1 unspecified atom stereocenters. The van der Waals surface area contributed by atoms with Crippen molar-refractivity contribution in [1.82, 2.24) is 15.1 Å². The van der Waals surface area contributed by atoms with Crippen LogP contribution in [-0.2, 0) is 11.3 Å². The second-order valence-corrected chi connectivity index (χ2v) is 6.95. The number of benzene rings is 2. The second-order valence-electron chi connectivity index (χ2n) is 6.95. The lowest BCUT2D eigenvalue weighted by Crippen LogP contribution is -2.45. The molecule has 0 aromatic heterocycles. The van der Waals surface area contributed by atoms with Crippen molar-refractivity contribution in [3.05, 3.63) is 77.0 Å². The summed E-state index contributed by atoms with van der Waals surface area (Å²) in [6.07, 6.45) is 0. The number of likely N-dealkylation sites (N-methyl/N-ethyl adjacent to an activating group) is 1. The van der Waals surface area contributed by atoms with Crippen molar-refractivity contribution in [2.24, 2.45) is 0 Å². The fourth-order valence-electron chi connectivity index (χ4n) is 3.73. The first kappa shape index (κ1) is 18.1. The van der Waals surface area contributed by atoms with Gasteiger partial charge >= 0.3 is 6.03 Å². The highest BCUT2D eigenvalue weighted by atomic mass is 16.5. The monoisotopic (exact) mass is 377 g/mol. The summed E-state index contributed by atoms with van der Waals surface area (Å²) in [7, 11) is 1.71. The van der Waals surface area contributed by atoms with E-state index < -0.39 is 6.04 Å². The Morgan fingerprint density at radius 3 is 2.46 bits per heavy atom. The van der Waals surface area contributed by atoms with Crippen LogP contribution < -0.4 is 10.1 Å². The van der Waals surface area contributed by atoms with Gasteiger partial charge in [-0.3, -0.25) is 9.69 Å². The zero-order chi connectivity index (χ0) is 19.7. The van der Waals surface area contributed by atoms with Gasteiger partial charge in [-0.15, -0.1) is 0 Å². The van der Waals surface area contributed by atoms with E-state index in [9.17, 15) is 9.59 Å². The molecule has 0 fully saturated rings. The fourth-order valence-corrected chi connectivity index (χ4v) is 3.73. The molecule has 2 aliphatic rings. The largest absolute Gasteiger partial charge is 0.494 e. The standard InChI is InChI=1S/C22H23N3O3/c1-3-28-17-11-9-16(10-12-17)20-19-18(24(2)22(27)23-20)14-25(21(19)26)13-15-7-5-4-6-8-15/h4-12,20H,3,13-14H2,1-2H3,(H,23,27). The third kappa shape index (κ3) is 3.22. The Hall–Kier alpha value is -3.28. The lowest BCUT2D eigenvalue weighted by Gasteiger charge is -2.31. The van der Waals surface area contributed by atoms with Gasteiger partial charge in [-0.2, -0.15) is 0 Å². The smallest absolute Gasteiger partial charge is 0.322 e. The number of carbonyl (C=O) groups excluding carboxylic acids is 2. The Labute approximate surface area is 164 Å². The maximum Gasteiger partial charge on any atom is 0.322 e. The zero-order valence-electron chi connectivity index (χ0n) is 16.0. The molecule has 4 rings (SSSR count). The van der Waals surface area contributed by atoms with Crippen LogP contribution in [0.3, 0.4) is 0 Å². The molecule has 3 amide bonds. The molecule has 0 bridgehead atoms. The molecule has 0 spiro atoms. The summed E-state index contributed by atoms with van der Waals surface area (Å²) >= 11 is 0. The number of amides is 3. The molecule has 2 aromatic rings.